The average Bonchev–Trinajstić information content (AvgIpc) is 2.56. The van der Waals surface area contributed by atoms with Gasteiger partial charge in [-0.1, -0.05) is 25.5 Å². The van der Waals surface area contributed by atoms with Crippen molar-refractivity contribution in [1.82, 2.24) is 10.2 Å². The molecule has 0 aromatic heterocycles. The van der Waals surface area contributed by atoms with Crippen molar-refractivity contribution < 1.29 is 9.53 Å². The number of benzene rings is 1. The molecule has 1 aliphatic heterocycles. The summed E-state index contributed by atoms with van der Waals surface area (Å²) >= 11 is 0. The quantitative estimate of drug-likeness (QED) is 0.841. The van der Waals surface area contributed by atoms with E-state index in [1.54, 1.807) is 7.11 Å². The molecule has 1 aromatic rings. The highest BCUT2D eigenvalue weighted by Crippen LogP contribution is 2.26. The molecule has 1 N–H and O–H groups in total. The summed E-state index contributed by atoms with van der Waals surface area (Å²) in [6, 6.07) is 8.45. The van der Waals surface area contributed by atoms with Crippen LogP contribution in [-0.2, 0) is 4.79 Å². The van der Waals surface area contributed by atoms with Crippen molar-refractivity contribution in [3.05, 3.63) is 29.8 Å². The van der Waals surface area contributed by atoms with Gasteiger partial charge in [-0.2, -0.15) is 0 Å². The van der Waals surface area contributed by atoms with Gasteiger partial charge in [0.25, 0.3) is 0 Å². The number of likely N-dealkylation sites (tertiary alicyclic amines) is 1. The maximum atomic E-state index is 11.8. The van der Waals surface area contributed by atoms with E-state index in [1.807, 2.05) is 19.1 Å². The van der Waals surface area contributed by atoms with Crippen molar-refractivity contribution in [2.24, 2.45) is 0 Å². The van der Waals surface area contributed by atoms with Gasteiger partial charge in [-0.05, 0) is 50.0 Å². The molecule has 1 saturated heterocycles. The Kier molecular flexibility index (Phi) is 6.72. The highest BCUT2D eigenvalue weighted by Gasteiger charge is 2.23. The summed E-state index contributed by atoms with van der Waals surface area (Å²) in [5, 5.41) is 3.10. The Hall–Kier alpha value is -1.55. The van der Waals surface area contributed by atoms with Crippen LogP contribution in [0.25, 0.3) is 0 Å². The monoisotopic (exact) mass is 304 g/mol. The van der Waals surface area contributed by atoms with Crippen LogP contribution in [0, 0.1) is 0 Å². The topological polar surface area (TPSA) is 41.6 Å². The van der Waals surface area contributed by atoms with E-state index in [9.17, 15) is 4.79 Å². The first-order valence-electron chi connectivity index (χ1n) is 8.39. The highest BCUT2D eigenvalue weighted by atomic mass is 16.5. The van der Waals surface area contributed by atoms with Gasteiger partial charge in [0.2, 0.25) is 5.91 Å². The fourth-order valence-electron chi connectivity index (χ4n) is 3.06. The van der Waals surface area contributed by atoms with Crippen LogP contribution in [0.5, 0.6) is 5.75 Å². The molecule has 4 nitrogen and oxygen atoms in total. The second-order valence-electron chi connectivity index (χ2n) is 5.94. The Morgan fingerprint density at radius 3 is 2.77 bits per heavy atom. The molecule has 1 unspecified atom stereocenters. The van der Waals surface area contributed by atoms with Gasteiger partial charge in [0, 0.05) is 13.0 Å². The van der Waals surface area contributed by atoms with Gasteiger partial charge >= 0.3 is 0 Å². The second-order valence-corrected chi connectivity index (χ2v) is 5.94. The van der Waals surface area contributed by atoms with Gasteiger partial charge in [0.1, 0.15) is 5.75 Å². The molecule has 0 spiro atoms. The SMILES string of the molecule is CCCC(=O)NCC(c1cccc(OC)c1)N1CCCCC1. The molecule has 1 heterocycles. The fraction of sp³-hybridized carbons (Fsp3) is 0.611. The third-order valence-electron chi connectivity index (χ3n) is 4.28. The van der Waals surface area contributed by atoms with Crippen molar-refractivity contribution >= 4 is 5.91 Å². The molecule has 1 fully saturated rings. The predicted octanol–water partition coefficient (Wildman–Crippen LogP) is 3.14. The van der Waals surface area contributed by atoms with Crippen molar-refractivity contribution in [3.8, 4) is 5.75 Å². The third-order valence-corrected chi connectivity index (χ3v) is 4.28. The van der Waals surface area contributed by atoms with Crippen molar-refractivity contribution in [2.75, 3.05) is 26.7 Å². The number of ether oxygens (including phenoxy) is 1. The van der Waals surface area contributed by atoms with Crippen LogP contribution in [0.2, 0.25) is 0 Å². The number of amides is 1. The zero-order chi connectivity index (χ0) is 15.8. The van der Waals surface area contributed by atoms with Crippen LogP contribution in [0.3, 0.4) is 0 Å². The van der Waals surface area contributed by atoms with E-state index in [1.165, 1.54) is 24.8 Å². The number of hydrogen-bond acceptors (Lipinski definition) is 3. The minimum atomic E-state index is 0.146. The van der Waals surface area contributed by atoms with E-state index >= 15 is 0 Å². The minimum Gasteiger partial charge on any atom is -0.497 e. The Labute approximate surface area is 133 Å². The van der Waals surface area contributed by atoms with Gasteiger partial charge in [0.15, 0.2) is 0 Å². The Morgan fingerprint density at radius 1 is 1.32 bits per heavy atom. The Morgan fingerprint density at radius 2 is 2.09 bits per heavy atom. The first-order valence-corrected chi connectivity index (χ1v) is 8.39. The van der Waals surface area contributed by atoms with Crippen LogP contribution < -0.4 is 10.1 Å². The third kappa shape index (κ3) is 4.73. The fourth-order valence-corrected chi connectivity index (χ4v) is 3.06. The van der Waals surface area contributed by atoms with E-state index in [0.717, 1.165) is 25.3 Å². The van der Waals surface area contributed by atoms with E-state index in [2.05, 4.69) is 22.3 Å². The standard InChI is InChI=1S/C18H28N2O2/c1-3-8-18(21)19-14-17(20-11-5-4-6-12-20)15-9-7-10-16(13-15)22-2/h7,9-10,13,17H,3-6,8,11-12,14H2,1-2H3,(H,19,21). The molecule has 1 aromatic carbocycles. The predicted molar refractivity (Wildman–Crippen MR) is 89.1 cm³/mol. The molecule has 1 aliphatic rings. The lowest BCUT2D eigenvalue weighted by Gasteiger charge is -2.35. The first kappa shape index (κ1) is 16.8. The van der Waals surface area contributed by atoms with Crippen LogP contribution >= 0.6 is 0 Å². The highest BCUT2D eigenvalue weighted by molar-refractivity contribution is 5.75. The molecule has 0 radical (unpaired) electrons. The lowest BCUT2D eigenvalue weighted by Crippen LogP contribution is -2.40. The number of carbonyl (C=O) groups excluding carboxylic acids is 1. The number of rotatable bonds is 7. The molecule has 1 atom stereocenters. The molecule has 0 aliphatic carbocycles. The van der Waals surface area contributed by atoms with Crippen molar-refractivity contribution in [2.45, 2.75) is 45.1 Å². The summed E-state index contributed by atoms with van der Waals surface area (Å²) in [5.41, 5.74) is 1.22. The zero-order valence-electron chi connectivity index (χ0n) is 13.8. The molecule has 4 heteroatoms. The molecule has 2 rings (SSSR count). The number of piperidine rings is 1. The molecule has 122 valence electrons. The summed E-state index contributed by atoms with van der Waals surface area (Å²) in [6.45, 7) is 4.91. The molecular weight excluding hydrogens is 276 g/mol. The van der Waals surface area contributed by atoms with Gasteiger partial charge < -0.3 is 10.1 Å². The molecular formula is C18H28N2O2. The largest absolute Gasteiger partial charge is 0.497 e. The maximum Gasteiger partial charge on any atom is 0.220 e. The average molecular weight is 304 g/mol. The van der Waals surface area contributed by atoms with Crippen LogP contribution in [0.15, 0.2) is 24.3 Å². The van der Waals surface area contributed by atoms with Crippen LogP contribution in [-0.4, -0.2) is 37.6 Å². The molecule has 1 amide bonds. The van der Waals surface area contributed by atoms with Gasteiger partial charge in [-0.25, -0.2) is 0 Å². The number of nitrogens with zero attached hydrogens (tertiary/aromatic N) is 1. The summed E-state index contributed by atoms with van der Waals surface area (Å²) in [4.78, 5) is 14.3. The van der Waals surface area contributed by atoms with E-state index < -0.39 is 0 Å². The van der Waals surface area contributed by atoms with E-state index in [-0.39, 0.29) is 11.9 Å². The number of nitrogens with one attached hydrogen (secondary N) is 1. The second kappa shape index (κ2) is 8.79. The number of carbonyl (C=O) groups is 1. The summed E-state index contributed by atoms with van der Waals surface area (Å²) in [6.07, 6.45) is 5.28. The molecule has 0 saturated carbocycles. The Bertz CT molecular complexity index is 470. The Balaban J connectivity index is 2.10. The van der Waals surface area contributed by atoms with Gasteiger partial charge in [-0.15, -0.1) is 0 Å². The minimum absolute atomic E-state index is 0.146. The number of methoxy groups -OCH3 is 1. The van der Waals surface area contributed by atoms with E-state index in [4.69, 9.17) is 4.74 Å². The van der Waals surface area contributed by atoms with Crippen molar-refractivity contribution in [1.29, 1.82) is 0 Å². The summed E-state index contributed by atoms with van der Waals surface area (Å²) < 4.78 is 5.35. The lowest BCUT2D eigenvalue weighted by atomic mass is 10.0. The zero-order valence-corrected chi connectivity index (χ0v) is 13.8. The van der Waals surface area contributed by atoms with E-state index in [0.29, 0.717) is 13.0 Å². The number of hydrogen-bond donors (Lipinski definition) is 1. The van der Waals surface area contributed by atoms with Crippen LogP contribution in [0.4, 0.5) is 0 Å². The lowest BCUT2D eigenvalue weighted by molar-refractivity contribution is -0.121. The summed E-state index contributed by atoms with van der Waals surface area (Å²) in [7, 11) is 1.69. The van der Waals surface area contributed by atoms with Gasteiger partial charge in [-0.3, -0.25) is 9.69 Å². The van der Waals surface area contributed by atoms with Crippen LogP contribution in [0.1, 0.15) is 50.6 Å². The summed E-state index contributed by atoms with van der Waals surface area (Å²) in [5.74, 6) is 1.02. The normalized spacial score (nSPS) is 17.0. The molecule has 22 heavy (non-hydrogen) atoms. The first-order chi connectivity index (χ1) is 10.7. The van der Waals surface area contributed by atoms with Gasteiger partial charge in [0.05, 0.1) is 13.2 Å². The van der Waals surface area contributed by atoms with Crippen molar-refractivity contribution in [3.63, 3.8) is 0 Å². The molecule has 0 bridgehead atoms. The maximum absolute atomic E-state index is 11.8. The smallest absolute Gasteiger partial charge is 0.220 e.